The Morgan fingerprint density at radius 2 is 1.82 bits per heavy atom. The smallest absolute Gasteiger partial charge is 0.106 e. The van der Waals surface area contributed by atoms with E-state index in [9.17, 15) is 3.89 Å². The highest BCUT2D eigenvalue weighted by molar-refractivity contribution is 7.98. The number of hydrogen-bond donors (Lipinski definition) is 2. The van der Waals surface area contributed by atoms with Crippen LogP contribution in [0.5, 0.6) is 0 Å². The Morgan fingerprint density at radius 1 is 1.15 bits per heavy atom. The lowest BCUT2D eigenvalue weighted by atomic mass is 10.0. The van der Waals surface area contributed by atoms with Crippen molar-refractivity contribution in [3.05, 3.63) is 113 Å². The molecule has 0 aliphatic carbocycles. The summed E-state index contributed by atoms with van der Waals surface area (Å²) in [5, 5.41) is 6.86. The molecule has 0 saturated carbocycles. The van der Waals surface area contributed by atoms with Gasteiger partial charge in [-0.2, -0.15) is 3.89 Å². The zero-order valence-corrected chi connectivity index (χ0v) is 21.5. The normalized spacial score (nSPS) is 12.9. The van der Waals surface area contributed by atoms with Crippen molar-refractivity contribution in [3.8, 4) is 0 Å². The molecule has 1 aromatic rings. The zero-order chi connectivity index (χ0) is 24.8. The molecular formula is C28H38FN3S. The predicted molar refractivity (Wildman–Crippen MR) is 146 cm³/mol. The van der Waals surface area contributed by atoms with E-state index in [1.807, 2.05) is 69.2 Å². The summed E-state index contributed by atoms with van der Waals surface area (Å²) < 4.78 is 13.4. The van der Waals surface area contributed by atoms with Gasteiger partial charge < -0.3 is 15.5 Å². The molecule has 1 aromatic carbocycles. The van der Waals surface area contributed by atoms with E-state index in [1.54, 1.807) is 0 Å². The predicted octanol–water partition coefficient (Wildman–Crippen LogP) is 7.42. The van der Waals surface area contributed by atoms with Gasteiger partial charge in [-0.15, -0.1) is 0 Å². The Labute approximate surface area is 204 Å². The highest BCUT2D eigenvalue weighted by Crippen LogP contribution is 2.26. The summed E-state index contributed by atoms with van der Waals surface area (Å²) in [7, 11) is 1.91. The minimum Gasteiger partial charge on any atom is -0.385 e. The van der Waals surface area contributed by atoms with Gasteiger partial charge in [0.25, 0.3) is 0 Å². The van der Waals surface area contributed by atoms with Crippen molar-refractivity contribution in [3.63, 3.8) is 0 Å². The van der Waals surface area contributed by atoms with E-state index in [4.69, 9.17) is 0 Å². The quantitative estimate of drug-likeness (QED) is 0.220. The van der Waals surface area contributed by atoms with E-state index in [1.165, 1.54) is 6.08 Å². The minimum atomic E-state index is 0.198. The Morgan fingerprint density at radius 3 is 2.42 bits per heavy atom. The summed E-state index contributed by atoms with van der Waals surface area (Å²) in [6.07, 6.45) is 10.4. The first kappa shape index (κ1) is 28.1. The van der Waals surface area contributed by atoms with Gasteiger partial charge in [0, 0.05) is 31.5 Å². The van der Waals surface area contributed by atoms with Gasteiger partial charge in [-0.3, -0.25) is 0 Å². The Balaban J connectivity index is 2.95. The minimum absolute atomic E-state index is 0.198. The molecule has 1 rings (SSSR count). The summed E-state index contributed by atoms with van der Waals surface area (Å²) in [5.41, 5.74) is 5.92. The van der Waals surface area contributed by atoms with E-state index >= 15 is 0 Å². The highest BCUT2D eigenvalue weighted by Gasteiger charge is 2.12. The van der Waals surface area contributed by atoms with Crippen LogP contribution in [0.2, 0.25) is 0 Å². The number of benzene rings is 1. The lowest BCUT2D eigenvalue weighted by molar-refractivity contribution is 0.464. The average molecular weight is 468 g/mol. The number of halogens is 1. The summed E-state index contributed by atoms with van der Waals surface area (Å²) in [6.45, 7) is 21.6. The van der Waals surface area contributed by atoms with E-state index < -0.39 is 0 Å². The first-order chi connectivity index (χ1) is 15.8. The second-order valence-electron chi connectivity index (χ2n) is 7.72. The summed E-state index contributed by atoms with van der Waals surface area (Å²) in [5.74, 6) is 0.845. The lowest BCUT2D eigenvalue weighted by Crippen LogP contribution is -2.30. The van der Waals surface area contributed by atoms with Crippen molar-refractivity contribution >= 4 is 17.7 Å². The standard InChI is InChI=1S/C28H38FN3S/c1-9-11-15-21(3)24(6)30-18-14-19-31-28(32(8)25(7)27(10-2)33-29)20-23(5)26-17-13-12-16-22(26)4/h9-13,15-17,20,30-31H,2,5-6,14,18-19H2,1,3-4,7-8H3/b11-9-,21-15+,27-25+,28-20-. The molecule has 0 atom stereocenters. The van der Waals surface area contributed by atoms with Crippen LogP contribution in [0.4, 0.5) is 3.89 Å². The molecule has 3 nitrogen and oxygen atoms in total. The van der Waals surface area contributed by atoms with Crippen LogP contribution in [-0.4, -0.2) is 25.0 Å². The third kappa shape index (κ3) is 9.22. The number of aryl methyl sites for hydroxylation is 1. The van der Waals surface area contributed by atoms with Crippen molar-refractivity contribution in [1.29, 1.82) is 0 Å². The molecule has 0 saturated heterocycles. The van der Waals surface area contributed by atoms with Crippen LogP contribution < -0.4 is 10.6 Å². The molecular weight excluding hydrogens is 429 g/mol. The number of hydrogen-bond acceptors (Lipinski definition) is 4. The number of nitrogens with zero attached hydrogens (tertiary/aromatic N) is 1. The molecule has 0 radical (unpaired) electrons. The highest BCUT2D eigenvalue weighted by atomic mass is 32.2. The van der Waals surface area contributed by atoms with Crippen molar-refractivity contribution in [2.75, 3.05) is 20.1 Å². The summed E-state index contributed by atoms with van der Waals surface area (Å²) in [4.78, 5) is 2.41. The van der Waals surface area contributed by atoms with Gasteiger partial charge in [0.1, 0.15) is 5.82 Å². The number of nitrogens with one attached hydrogen (secondary N) is 2. The fourth-order valence-corrected chi connectivity index (χ4v) is 3.36. The molecule has 0 fully saturated rings. The Kier molecular flexibility index (Phi) is 12.8. The van der Waals surface area contributed by atoms with E-state index in [0.717, 1.165) is 59.0 Å². The van der Waals surface area contributed by atoms with Crippen LogP contribution in [0.3, 0.4) is 0 Å². The van der Waals surface area contributed by atoms with E-state index in [0.29, 0.717) is 4.91 Å². The fraction of sp³-hybridized carbons (Fsp3) is 0.286. The molecule has 0 amide bonds. The SMILES string of the molecule is C=C/C(SF)=C(/C)N(C)/C(=C\C(=C)c1ccccc1C)NCCCNC(=C)/C(C)=C/C=C\C. The molecule has 0 aliphatic rings. The Bertz CT molecular complexity index is 954. The fourth-order valence-electron chi connectivity index (χ4n) is 3.05. The monoisotopic (exact) mass is 467 g/mol. The molecule has 0 heterocycles. The second-order valence-corrected chi connectivity index (χ2v) is 8.31. The van der Waals surface area contributed by atoms with Crippen LogP contribution in [0.1, 0.15) is 38.3 Å². The second kappa shape index (κ2) is 15.0. The van der Waals surface area contributed by atoms with Crippen LogP contribution in [-0.2, 0) is 0 Å². The molecule has 0 unspecified atom stereocenters. The summed E-state index contributed by atoms with van der Waals surface area (Å²) >= 11 is 0.198. The van der Waals surface area contributed by atoms with Crippen molar-refractivity contribution in [2.45, 2.75) is 34.1 Å². The molecule has 0 aliphatic heterocycles. The van der Waals surface area contributed by atoms with Gasteiger partial charge in [0.05, 0.1) is 17.1 Å². The first-order valence-electron chi connectivity index (χ1n) is 11.1. The molecule has 33 heavy (non-hydrogen) atoms. The van der Waals surface area contributed by atoms with E-state index in [-0.39, 0.29) is 12.1 Å². The van der Waals surface area contributed by atoms with Crippen molar-refractivity contribution < 1.29 is 3.89 Å². The summed E-state index contributed by atoms with van der Waals surface area (Å²) in [6, 6.07) is 8.14. The zero-order valence-electron chi connectivity index (χ0n) is 20.7. The van der Waals surface area contributed by atoms with Crippen LogP contribution >= 0.6 is 12.1 Å². The van der Waals surface area contributed by atoms with Gasteiger partial charge in [-0.25, -0.2) is 0 Å². The van der Waals surface area contributed by atoms with Gasteiger partial charge in [0.2, 0.25) is 0 Å². The third-order valence-electron chi connectivity index (χ3n) is 5.30. The lowest BCUT2D eigenvalue weighted by Gasteiger charge is -2.26. The number of rotatable bonds is 14. The van der Waals surface area contributed by atoms with Crippen LogP contribution in [0.25, 0.3) is 5.57 Å². The maximum Gasteiger partial charge on any atom is 0.106 e. The van der Waals surface area contributed by atoms with Gasteiger partial charge in [0.15, 0.2) is 0 Å². The largest absolute Gasteiger partial charge is 0.385 e. The first-order valence-corrected chi connectivity index (χ1v) is 11.8. The topological polar surface area (TPSA) is 27.3 Å². The van der Waals surface area contributed by atoms with Crippen molar-refractivity contribution in [1.82, 2.24) is 15.5 Å². The van der Waals surface area contributed by atoms with Gasteiger partial charge in [-0.05, 0) is 62.5 Å². The maximum absolute atomic E-state index is 13.4. The van der Waals surface area contributed by atoms with Crippen LogP contribution in [0.15, 0.2) is 102 Å². The Hall–Kier alpha value is -2.92. The molecule has 0 bridgehead atoms. The third-order valence-corrected chi connectivity index (χ3v) is 5.93. The van der Waals surface area contributed by atoms with Gasteiger partial charge in [-0.1, -0.05) is 68.3 Å². The molecule has 2 N–H and O–H groups in total. The number of allylic oxidation sites excluding steroid dienone is 8. The maximum atomic E-state index is 13.4. The van der Waals surface area contributed by atoms with E-state index in [2.05, 4.69) is 49.4 Å². The van der Waals surface area contributed by atoms with Crippen molar-refractivity contribution in [2.24, 2.45) is 0 Å². The molecule has 5 heteroatoms. The van der Waals surface area contributed by atoms with Crippen LogP contribution in [0, 0.1) is 6.92 Å². The molecule has 0 aromatic heterocycles. The average Bonchev–Trinajstić information content (AvgIpc) is 2.81. The molecule has 0 spiro atoms. The van der Waals surface area contributed by atoms with Gasteiger partial charge >= 0.3 is 0 Å². The molecule has 178 valence electrons.